The monoisotopic (exact) mass is 246 g/mol. The molecule has 0 saturated heterocycles. The van der Waals surface area contributed by atoms with E-state index in [2.05, 4.69) is 41.3 Å². The Labute approximate surface area is 104 Å². The van der Waals surface area contributed by atoms with Crippen molar-refractivity contribution in [1.82, 2.24) is 20.4 Å². The zero-order valence-electron chi connectivity index (χ0n) is 10.4. The van der Waals surface area contributed by atoms with Crippen molar-refractivity contribution in [2.24, 2.45) is 0 Å². The van der Waals surface area contributed by atoms with Gasteiger partial charge in [-0.15, -0.1) is 12.4 Å². The molecule has 0 amide bonds. The zero-order valence-corrected chi connectivity index (χ0v) is 11.2. The molecule has 0 saturated carbocycles. The van der Waals surface area contributed by atoms with Crippen LogP contribution in [0.4, 0.5) is 0 Å². The van der Waals surface area contributed by atoms with E-state index in [4.69, 9.17) is 0 Å². The maximum Gasteiger partial charge on any atom is 0.0490 e. The number of nitrogens with one attached hydrogen (secondary N) is 2. The lowest BCUT2D eigenvalue weighted by atomic mass is 10.2. The molecule has 1 atom stereocenters. The van der Waals surface area contributed by atoms with Gasteiger partial charge >= 0.3 is 0 Å². The van der Waals surface area contributed by atoms with Crippen LogP contribution in [0.5, 0.6) is 0 Å². The van der Waals surface area contributed by atoms with Crippen molar-refractivity contribution in [2.75, 3.05) is 20.1 Å². The molecule has 2 N–H and O–H groups in total. The van der Waals surface area contributed by atoms with Gasteiger partial charge in [0.25, 0.3) is 0 Å². The van der Waals surface area contributed by atoms with Crippen molar-refractivity contribution < 1.29 is 0 Å². The molecule has 5 heteroatoms. The lowest BCUT2D eigenvalue weighted by Gasteiger charge is -2.23. The second kappa shape index (κ2) is 8.56. The molecule has 1 unspecified atom stereocenters. The number of nitrogens with zero attached hydrogens (tertiary/aromatic N) is 2. The van der Waals surface area contributed by atoms with E-state index in [9.17, 15) is 0 Å². The van der Waals surface area contributed by atoms with Gasteiger partial charge in [0.15, 0.2) is 0 Å². The lowest BCUT2D eigenvalue weighted by Crippen LogP contribution is -2.34. The molecule has 94 valence electrons. The van der Waals surface area contributed by atoms with Gasteiger partial charge in [0.2, 0.25) is 0 Å². The first-order valence-electron chi connectivity index (χ1n) is 5.63. The summed E-state index contributed by atoms with van der Waals surface area (Å²) in [5.74, 6) is 0. The quantitative estimate of drug-likeness (QED) is 0.720. The number of rotatable bonds is 7. The van der Waals surface area contributed by atoms with Crippen molar-refractivity contribution in [2.45, 2.75) is 32.9 Å². The number of likely N-dealkylation sites (N-methyl/N-ethyl adjacent to an activating group) is 1. The molecule has 0 aliphatic carbocycles. The topological polar surface area (TPSA) is 44.0 Å². The van der Waals surface area contributed by atoms with E-state index >= 15 is 0 Å². The third kappa shape index (κ3) is 5.49. The second-order valence-electron chi connectivity index (χ2n) is 4.00. The molecule has 1 heterocycles. The maximum atomic E-state index is 3.90. The molecular formula is C11H23ClN4. The first kappa shape index (κ1) is 15.4. The van der Waals surface area contributed by atoms with Crippen LogP contribution in [0.25, 0.3) is 0 Å². The number of hydrogen-bond acceptors (Lipinski definition) is 3. The Balaban J connectivity index is 0.00000225. The molecule has 0 aromatic carbocycles. The van der Waals surface area contributed by atoms with Gasteiger partial charge in [-0.1, -0.05) is 6.92 Å². The first-order valence-corrected chi connectivity index (χ1v) is 5.63. The van der Waals surface area contributed by atoms with E-state index in [0.29, 0.717) is 6.04 Å². The average molecular weight is 247 g/mol. The summed E-state index contributed by atoms with van der Waals surface area (Å²) in [4.78, 5) is 2.37. The van der Waals surface area contributed by atoms with E-state index in [1.165, 1.54) is 6.42 Å². The van der Waals surface area contributed by atoms with Crippen LogP contribution in [0.15, 0.2) is 12.3 Å². The van der Waals surface area contributed by atoms with Crippen molar-refractivity contribution >= 4 is 12.4 Å². The van der Waals surface area contributed by atoms with E-state index < -0.39 is 0 Å². The van der Waals surface area contributed by atoms with E-state index in [1.54, 1.807) is 6.20 Å². The van der Waals surface area contributed by atoms with Crippen molar-refractivity contribution in [3.05, 3.63) is 18.0 Å². The van der Waals surface area contributed by atoms with Crippen molar-refractivity contribution in [3.63, 3.8) is 0 Å². The molecule has 1 aromatic heterocycles. The summed E-state index contributed by atoms with van der Waals surface area (Å²) in [6.45, 7) is 7.45. The van der Waals surface area contributed by atoms with Gasteiger partial charge in [-0.2, -0.15) is 5.10 Å². The minimum absolute atomic E-state index is 0. The Morgan fingerprint density at radius 1 is 1.56 bits per heavy atom. The molecule has 16 heavy (non-hydrogen) atoms. The Kier molecular flexibility index (Phi) is 8.25. The van der Waals surface area contributed by atoms with Crippen LogP contribution >= 0.6 is 12.4 Å². The Morgan fingerprint density at radius 2 is 2.31 bits per heavy atom. The summed E-state index contributed by atoms with van der Waals surface area (Å²) >= 11 is 0. The minimum atomic E-state index is 0. The van der Waals surface area contributed by atoms with Gasteiger partial charge in [-0.3, -0.25) is 5.10 Å². The Morgan fingerprint density at radius 3 is 2.88 bits per heavy atom. The standard InChI is InChI=1S/C11H22N4.ClH/c1-4-10(2)15(3)8-7-12-9-11-5-6-13-14-11;/h5-6,10,12H,4,7-9H2,1-3H3,(H,13,14);1H. The third-order valence-electron chi connectivity index (χ3n) is 2.86. The van der Waals surface area contributed by atoms with Crippen LogP contribution in [-0.2, 0) is 6.54 Å². The van der Waals surface area contributed by atoms with Crippen LogP contribution in [-0.4, -0.2) is 41.3 Å². The number of hydrogen-bond donors (Lipinski definition) is 2. The minimum Gasteiger partial charge on any atom is -0.310 e. The average Bonchev–Trinajstić information content (AvgIpc) is 2.75. The maximum absolute atomic E-state index is 3.90. The first-order chi connectivity index (χ1) is 7.24. The van der Waals surface area contributed by atoms with Crippen molar-refractivity contribution in [3.8, 4) is 0 Å². The molecule has 4 nitrogen and oxygen atoms in total. The molecule has 1 rings (SSSR count). The number of halogens is 1. The van der Waals surface area contributed by atoms with Crippen LogP contribution in [0, 0.1) is 0 Å². The normalized spacial score (nSPS) is 12.5. The molecule has 0 bridgehead atoms. The van der Waals surface area contributed by atoms with Crippen LogP contribution in [0.1, 0.15) is 26.0 Å². The largest absolute Gasteiger partial charge is 0.310 e. The van der Waals surface area contributed by atoms with E-state index in [1.807, 2.05) is 6.07 Å². The molecule has 0 spiro atoms. The third-order valence-corrected chi connectivity index (χ3v) is 2.86. The fourth-order valence-corrected chi connectivity index (χ4v) is 1.39. The van der Waals surface area contributed by atoms with Crippen LogP contribution < -0.4 is 5.32 Å². The highest BCUT2D eigenvalue weighted by Crippen LogP contribution is 1.98. The predicted octanol–water partition coefficient (Wildman–Crippen LogP) is 1.65. The molecule has 0 aliphatic heterocycles. The van der Waals surface area contributed by atoms with E-state index in [0.717, 1.165) is 25.3 Å². The number of aromatic amines is 1. The summed E-state index contributed by atoms with van der Waals surface area (Å²) in [5.41, 5.74) is 1.14. The van der Waals surface area contributed by atoms with Gasteiger partial charge in [0.1, 0.15) is 0 Å². The highest BCUT2D eigenvalue weighted by Gasteiger charge is 2.05. The Hall–Kier alpha value is -0.580. The van der Waals surface area contributed by atoms with Gasteiger partial charge in [0, 0.05) is 37.6 Å². The molecule has 0 aliphatic rings. The van der Waals surface area contributed by atoms with Gasteiger partial charge in [0.05, 0.1) is 0 Å². The highest BCUT2D eigenvalue weighted by molar-refractivity contribution is 5.85. The zero-order chi connectivity index (χ0) is 11.1. The summed E-state index contributed by atoms with van der Waals surface area (Å²) in [6, 6.07) is 2.66. The summed E-state index contributed by atoms with van der Waals surface area (Å²) in [7, 11) is 2.17. The molecular weight excluding hydrogens is 224 g/mol. The summed E-state index contributed by atoms with van der Waals surface area (Å²) in [5, 5.41) is 10.2. The summed E-state index contributed by atoms with van der Waals surface area (Å²) < 4.78 is 0. The van der Waals surface area contributed by atoms with Gasteiger partial charge in [-0.05, 0) is 26.5 Å². The molecule has 0 fully saturated rings. The number of H-pyrrole nitrogens is 1. The fraction of sp³-hybridized carbons (Fsp3) is 0.727. The van der Waals surface area contributed by atoms with Gasteiger partial charge < -0.3 is 10.2 Å². The molecule has 1 aromatic rings. The molecule has 0 radical (unpaired) electrons. The Bertz CT molecular complexity index is 250. The number of aromatic nitrogens is 2. The van der Waals surface area contributed by atoms with Gasteiger partial charge in [-0.25, -0.2) is 0 Å². The smallest absolute Gasteiger partial charge is 0.0490 e. The fourth-order valence-electron chi connectivity index (χ4n) is 1.39. The summed E-state index contributed by atoms with van der Waals surface area (Å²) in [6.07, 6.45) is 2.99. The predicted molar refractivity (Wildman–Crippen MR) is 69.9 cm³/mol. The van der Waals surface area contributed by atoms with Crippen LogP contribution in [0.3, 0.4) is 0 Å². The highest BCUT2D eigenvalue weighted by atomic mass is 35.5. The van der Waals surface area contributed by atoms with Crippen molar-refractivity contribution in [1.29, 1.82) is 0 Å². The van der Waals surface area contributed by atoms with E-state index in [-0.39, 0.29) is 12.4 Å². The van der Waals surface area contributed by atoms with Crippen LogP contribution in [0.2, 0.25) is 0 Å². The second-order valence-corrected chi connectivity index (χ2v) is 4.00. The lowest BCUT2D eigenvalue weighted by molar-refractivity contribution is 0.251. The SMILES string of the molecule is CCC(C)N(C)CCNCc1ccn[nH]1.Cl.